The lowest BCUT2D eigenvalue weighted by Crippen LogP contribution is -2.33. The Labute approximate surface area is 106 Å². The number of rotatable bonds is 9. The standard InChI is InChI=1S/C12H26N2O.ClH/c1-3-11(4-2)14-12(15)9-7-5-6-8-10-13;/h11H,3-10,13H2,1-2H3,(H,14,15);1H. The average Bonchev–Trinajstić information content (AvgIpc) is 2.25. The van der Waals surface area contributed by atoms with E-state index >= 15 is 0 Å². The molecule has 0 aliphatic rings. The molecule has 0 aliphatic carbocycles. The lowest BCUT2D eigenvalue weighted by molar-refractivity contribution is -0.121. The summed E-state index contributed by atoms with van der Waals surface area (Å²) < 4.78 is 0. The van der Waals surface area contributed by atoms with Crippen LogP contribution in [0.4, 0.5) is 0 Å². The van der Waals surface area contributed by atoms with Crippen molar-refractivity contribution in [2.45, 2.75) is 64.8 Å². The van der Waals surface area contributed by atoms with E-state index in [0.29, 0.717) is 12.5 Å². The van der Waals surface area contributed by atoms with Crippen molar-refractivity contribution in [3.05, 3.63) is 0 Å². The number of amides is 1. The smallest absolute Gasteiger partial charge is 0.220 e. The van der Waals surface area contributed by atoms with Gasteiger partial charge in [-0.1, -0.05) is 26.7 Å². The highest BCUT2D eigenvalue weighted by Crippen LogP contribution is 2.03. The number of nitrogens with two attached hydrogens (primary N) is 1. The Bertz CT molecular complexity index is 161. The quantitative estimate of drug-likeness (QED) is 0.618. The number of unbranched alkanes of at least 4 members (excludes halogenated alkanes) is 3. The summed E-state index contributed by atoms with van der Waals surface area (Å²) in [5.41, 5.74) is 5.39. The predicted molar refractivity (Wildman–Crippen MR) is 71.9 cm³/mol. The van der Waals surface area contributed by atoms with Gasteiger partial charge >= 0.3 is 0 Å². The van der Waals surface area contributed by atoms with Crippen LogP contribution in [0.5, 0.6) is 0 Å². The van der Waals surface area contributed by atoms with E-state index < -0.39 is 0 Å². The van der Waals surface area contributed by atoms with Crippen LogP contribution in [0, 0.1) is 0 Å². The molecule has 0 radical (unpaired) electrons. The molecule has 0 unspecified atom stereocenters. The van der Waals surface area contributed by atoms with Crippen LogP contribution in [0.2, 0.25) is 0 Å². The van der Waals surface area contributed by atoms with E-state index in [9.17, 15) is 4.79 Å². The van der Waals surface area contributed by atoms with Crippen LogP contribution >= 0.6 is 12.4 Å². The Morgan fingerprint density at radius 1 is 1.12 bits per heavy atom. The van der Waals surface area contributed by atoms with Crippen LogP contribution in [0.15, 0.2) is 0 Å². The van der Waals surface area contributed by atoms with Gasteiger partial charge in [0.15, 0.2) is 0 Å². The van der Waals surface area contributed by atoms with Gasteiger partial charge in [0, 0.05) is 12.5 Å². The summed E-state index contributed by atoms with van der Waals surface area (Å²) in [6.07, 6.45) is 7.05. The fraction of sp³-hybridized carbons (Fsp3) is 0.917. The largest absolute Gasteiger partial charge is 0.353 e. The van der Waals surface area contributed by atoms with Crippen molar-refractivity contribution in [2.24, 2.45) is 5.73 Å². The van der Waals surface area contributed by atoms with E-state index in [1.807, 2.05) is 0 Å². The zero-order valence-electron chi connectivity index (χ0n) is 10.6. The molecular formula is C12H27ClN2O. The third-order valence-corrected chi connectivity index (χ3v) is 2.71. The van der Waals surface area contributed by atoms with Gasteiger partial charge in [-0.2, -0.15) is 0 Å². The molecule has 0 rings (SSSR count). The molecule has 0 saturated carbocycles. The number of nitrogens with one attached hydrogen (secondary N) is 1. The van der Waals surface area contributed by atoms with Crippen LogP contribution in [0.25, 0.3) is 0 Å². The minimum absolute atomic E-state index is 0. The van der Waals surface area contributed by atoms with Crippen molar-refractivity contribution in [1.82, 2.24) is 5.32 Å². The van der Waals surface area contributed by atoms with Gasteiger partial charge in [-0.15, -0.1) is 12.4 Å². The maximum atomic E-state index is 11.5. The van der Waals surface area contributed by atoms with Gasteiger partial charge < -0.3 is 11.1 Å². The summed E-state index contributed by atoms with van der Waals surface area (Å²) in [6, 6.07) is 0.363. The van der Waals surface area contributed by atoms with Crippen LogP contribution in [0.1, 0.15) is 58.8 Å². The molecule has 0 atom stereocenters. The maximum absolute atomic E-state index is 11.5. The molecule has 3 nitrogen and oxygen atoms in total. The van der Waals surface area contributed by atoms with E-state index in [0.717, 1.165) is 45.1 Å². The highest BCUT2D eigenvalue weighted by molar-refractivity contribution is 5.85. The minimum Gasteiger partial charge on any atom is -0.353 e. The minimum atomic E-state index is 0. The van der Waals surface area contributed by atoms with Gasteiger partial charge in [0.25, 0.3) is 0 Å². The first-order valence-corrected chi connectivity index (χ1v) is 6.24. The monoisotopic (exact) mass is 250 g/mol. The van der Waals surface area contributed by atoms with Crippen LogP contribution in [0.3, 0.4) is 0 Å². The Kier molecular flexibility index (Phi) is 14.5. The van der Waals surface area contributed by atoms with Crippen LogP contribution in [-0.4, -0.2) is 18.5 Å². The first kappa shape index (κ1) is 18.1. The molecule has 0 spiro atoms. The van der Waals surface area contributed by atoms with E-state index in [4.69, 9.17) is 5.73 Å². The molecule has 0 bridgehead atoms. The van der Waals surface area contributed by atoms with Crippen molar-refractivity contribution in [1.29, 1.82) is 0 Å². The molecule has 3 N–H and O–H groups in total. The highest BCUT2D eigenvalue weighted by atomic mass is 35.5. The van der Waals surface area contributed by atoms with E-state index in [1.54, 1.807) is 0 Å². The summed E-state index contributed by atoms with van der Waals surface area (Å²) in [6.45, 7) is 4.98. The van der Waals surface area contributed by atoms with Gasteiger partial charge in [0.1, 0.15) is 0 Å². The van der Waals surface area contributed by atoms with Crippen LogP contribution < -0.4 is 11.1 Å². The Morgan fingerprint density at radius 3 is 2.19 bits per heavy atom. The average molecular weight is 251 g/mol. The van der Waals surface area contributed by atoms with Crippen molar-refractivity contribution < 1.29 is 4.79 Å². The Hall–Kier alpha value is -0.280. The number of hydrogen-bond acceptors (Lipinski definition) is 2. The third kappa shape index (κ3) is 10.2. The Morgan fingerprint density at radius 2 is 1.69 bits per heavy atom. The van der Waals surface area contributed by atoms with E-state index in [1.165, 1.54) is 0 Å². The normalized spacial score (nSPS) is 10.0. The second-order valence-electron chi connectivity index (χ2n) is 4.03. The molecule has 0 saturated heterocycles. The first-order valence-electron chi connectivity index (χ1n) is 6.24. The molecule has 0 aliphatic heterocycles. The lowest BCUT2D eigenvalue weighted by Gasteiger charge is -2.14. The molecule has 0 aromatic rings. The number of carbonyl (C=O) groups is 1. The maximum Gasteiger partial charge on any atom is 0.220 e. The third-order valence-electron chi connectivity index (χ3n) is 2.71. The molecule has 16 heavy (non-hydrogen) atoms. The second kappa shape index (κ2) is 12.8. The molecule has 98 valence electrons. The zero-order chi connectivity index (χ0) is 11.5. The predicted octanol–water partition coefficient (Wildman–Crippen LogP) is 2.62. The van der Waals surface area contributed by atoms with E-state index in [2.05, 4.69) is 19.2 Å². The SMILES string of the molecule is CCC(CC)NC(=O)CCCCCCN.Cl. The second-order valence-corrected chi connectivity index (χ2v) is 4.03. The lowest BCUT2D eigenvalue weighted by atomic mass is 10.1. The molecule has 0 aromatic heterocycles. The molecule has 0 fully saturated rings. The molecular weight excluding hydrogens is 224 g/mol. The highest BCUT2D eigenvalue weighted by Gasteiger charge is 2.07. The fourth-order valence-corrected chi connectivity index (χ4v) is 1.58. The molecule has 4 heteroatoms. The molecule has 0 aromatic carbocycles. The molecule has 1 amide bonds. The van der Waals surface area contributed by atoms with Gasteiger partial charge in [0.2, 0.25) is 5.91 Å². The first-order chi connectivity index (χ1) is 7.24. The summed E-state index contributed by atoms with van der Waals surface area (Å²) in [7, 11) is 0. The fourth-order valence-electron chi connectivity index (χ4n) is 1.58. The van der Waals surface area contributed by atoms with Crippen LogP contribution in [-0.2, 0) is 4.79 Å². The van der Waals surface area contributed by atoms with Gasteiger partial charge in [-0.05, 0) is 32.2 Å². The molecule has 0 heterocycles. The van der Waals surface area contributed by atoms with Gasteiger partial charge in [0.05, 0.1) is 0 Å². The van der Waals surface area contributed by atoms with Crippen molar-refractivity contribution in [3.63, 3.8) is 0 Å². The number of carbonyl (C=O) groups excluding carboxylic acids is 1. The summed E-state index contributed by atoms with van der Waals surface area (Å²) in [5, 5.41) is 3.04. The number of halogens is 1. The summed E-state index contributed by atoms with van der Waals surface area (Å²) in [5.74, 6) is 0.205. The summed E-state index contributed by atoms with van der Waals surface area (Å²) >= 11 is 0. The van der Waals surface area contributed by atoms with Crippen molar-refractivity contribution in [2.75, 3.05) is 6.54 Å². The van der Waals surface area contributed by atoms with Gasteiger partial charge in [-0.25, -0.2) is 0 Å². The number of hydrogen-bond donors (Lipinski definition) is 2. The Balaban J connectivity index is 0. The topological polar surface area (TPSA) is 55.1 Å². The summed E-state index contributed by atoms with van der Waals surface area (Å²) in [4.78, 5) is 11.5. The van der Waals surface area contributed by atoms with Crippen molar-refractivity contribution in [3.8, 4) is 0 Å². The van der Waals surface area contributed by atoms with Gasteiger partial charge in [-0.3, -0.25) is 4.79 Å². The van der Waals surface area contributed by atoms with E-state index in [-0.39, 0.29) is 18.3 Å². The zero-order valence-corrected chi connectivity index (χ0v) is 11.4. The van der Waals surface area contributed by atoms with Crippen molar-refractivity contribution >= 4 is 18.3 Å².